The van der Waals surface area contributed by atoms with Gasteiger partial charge in [0, 0.05) is 32.4 Å². The predicted octanol–water partition coefficient (Wildman–Crippen LogP) is 1.33. The SMILES string of the molecule is COCCCNC(=O)C1CCC(=O)N1c1ccccc1. The molecule has 0 saturated carbocycles. The van der Waals surface area contributed by atoms with Crippen LogP contribution in [-0.4, -0.2) is 38.1 Å². The highest BCUT2D eigenvalue weighted by molar-refractivity contribution is 6.03. The number of benzene rings is 1. The molecule has 1 heterocycles. The van der Waals surface area contributed by atoms with Gasteiger partial charge in [0.15, 0.2) is 0 Å². The molecule has 0 aromatic heterocycles. The molecule has 1 atom stereocenters. The largest absolute Gasteiger partial charge is 0.385 e. The van der Waals surface area contributed by atoms with Crippen molar-refractivity contribution in [2.45, 2.75) is 25.3 Å². The van der Waals surface area contributed by atoms with Crippen LogP contribution in [0.25, 0.3) is 0 Å². The quantitative estimate of drug-likeness (QED) is 0.798. The molecule has 0 bridgehead atoms. The van der Waals surface area contributed by atoms with Crippen molar-refractivity contribution in [1.82, 2.24) is 5.32 Å². The fourth-order valence-corrected chi connectivity index (χ4v) is 2.39. The van der Waals surface area contributed by atoms with Crippen molar-refractivity contribution in [3.8, 4) is 0 Å². The molecule has 1 saturated heterocycles. The Hall–Kier alpha value is -1.88. The molecule has 108 valence electrons. The van der Waals surface area contributed by atoms with Gasteiger partial charge in [0.2, 0.25) is 11.8 Å². The Bertz CT molecular complexity index is 461. The summed E-state index contributed by atoms with van der Waals surface area (Å²) in [5.41, 5.74) is 0.784. The summed E-state index contributed by atoms with van der Waals surface area (Å²) < 4.78 is 4.94. The zero-order valence-electron chi connectivity index (χ0n) is 11.7. The van der Waals surface area contributed by atoms with Crippen molar-refractivity contribution in [3.05, 3.63) is 30.3 Å². The number of nitrogens with zero attached hydrogens (tertiary/aromatic N) is 1. The van der Waals surface area contributed by atoms with Gasteiger partial charge in [-0.2, -0.15) is 0 Å². The molecule has 20 heavy (non-hydrogen) atoms. The molecule has 1 unspecified atom stereocenters. The van der Waals surface area contributed by atoms with Crippen molar-refractivity contribution in [3.63, 3.8) is 0 Å². The van der Waals surface area contributed by atoms with Crippen LogP contribution < -0.4 is 10.2 Å². The van der Waals surface area contributed by atoms with E-state index >= 15 is 0 Å². The van der Waals surface area contributed by atoms with Gasteiger partial charge in [-0.15, -0.1) is 0 Å². The van der Waals surface area contributed by atoms with Gasteiger partial charge in [-0.3, -0.25) is 14.5 Å². The van der Waals surface area contributed by atoms with Crippen LogP contribution in [0.3, 0.4) is 0 Å². The Morgan fingerprint density at radius 1 is 1.40 bits per heavy atom. The number of hydrogen-bond acceptors (Lipinski definition) is 3. The predicted molar refractivity (Wildman–Crippen MR) is 76.5 cm³/mol. The third-order valence-electron chi connectivity index (χ3n) is 3.37. The highest BCUT2D eigenvalue weighted by Crippen LogP contribution is 2.26. The van der Waals surface area contributed by atoms with Crippen LogP contribution in [0.4, 0.5) is 5.69 Å². The lowest BCUT2D eigenvalue weighted by Crippen LogP contribution is -2.45. The third kappa shape index (κ3) is 3.36. The minimum atomic E-state index is -0.396. The molecule has 2 rings (SSSR count). The molecule has 1 aromatic rings. The number of hydrogen-bond donors (Lipinski definition) is 1. The van der Waals surface area contributed by atoms with E-state index < -0.39 is 6.04 Å². The summed E-state index contributed by atoms with van der Waals surface area (Å²) in [5, 5.41) is 2.87. The molecule has 5 nitrogen and oxygen atoms in total. The number of para-hydroxylation sites is 1. The van der Waals surface area contributed by atoms with E-state index in [0.29, 0.717) is 26.0 Å². The minimum absolute atomic E-state index is 0.00763. The maximum absolute atomic E-state index is 12.2. The maximum atomic E-state index is 12.2. The minimum Gasteiger partial charge on any atom is -0.385 e. The Kier molecular flexibility index (Phi) is 5.12. The molecule has 1 aliphatic rings. The van der Waals surface area contributed by atoms with E-state index in [9.17, 15) is 9.59 Å². The summed E-state index contributed by atoms with van der Waals surface area (Å²) in [6.45, 7) is 1.19. The number of methoxy groups -OCH3 is 1. The fourth-order valence-electron chi connectivity index (χ4n) is 2.39. The van der Waals surface area contributed by atoms with Crippen LogP contribution >= 0.6 is 0 Å². The lowest BCUT2D eigenvalue weighted by molar-refractivity contribution is -0.123. The number of amides is 2. The van der Waals surface area contributed by atoms with Crippen LogP contribution in [0, 0.1) is 0 Å². The lowest BCUT2D eigenvalue weighted by Gasteiger charge is -2.24. The number of carbonyl (C=O) groups is 2. The van der Waals surface area contributed by atoms with E-state index in [4.69, 9.17) is 4.74 Å². The molecule has 0 spiro atoms. The second kappa shape index (κ2) is 7.05. The Balaban J connectivity index is 1.99. The topological polar surface area (TPSA) is 58.6 Å². The number of anilines is 1. The molecule has 1 N–H and O–H groups in total. The first kappa shape index (κ1) is 14.5. The van der Waals surface area contributed by atoms with Crippen LogP contribution in [0.1, 0.15) is 19.3 Å². The van der Waals surface area contributed by atoms with Gasteiger partial charge in [0.25, 0.3) is 0 Å². The summed E-state index contributed by atoms with van der Waals surface area (Å²) in [6, 6.07) is 8.95. The van der Waals surface area contributed by atoms with Gasteiger partial charge in [-0.05, 0) is 25.0 Å². The first-order chi connectivity index (χ1) is 9.74. The molecular weight excluding hydrogens is 256 g/mol. The number of rotatable bonds is 6. The van der Waals surface area contributed by atoms with E-state index in [1.807, 2.05) is 30.3 Å². The third-order valence-corrected chi connectivity index (χ3v) is 3.37. The van der Waals surface area contributed by atoms with E-state index in [1.165, 1.54) is 0 Å². The van der Waals surface area contributed by atoms with Gasteiger partial charge in [0.05, 0.1) is 0 Å². The molecule has 2 amide bonds. The average Bonchev–Trinajstić information content (AvgIpc) is 2.86. The first-order valence-corrected chi connectivity index (χ1v) is 6.88. The Labute approximate surface area is 118 Å². The van der Waals surface area contributed by atoms with E-state index in [1.54, 1.807) is 12.0 Å². The van der Waals surface area contributed by atoms with Crippen LogP contribution in [0.5, 0.6) is 0 Å². The van der Waals surface area contributed by atoms with Crippen molar-refractivity contribution >= 4 is 17.5 Å². The van der Waals surface area contributed by atoms with E-state index in [0.717, 1.165) is 12.1 Å². The highest BCUT2D eigenvalue weighted by Gasteiger charge is 2.36. The summed E-state index contributed by atoms with van der Waals surface area (Å²) >= 11 is 0. The normalized spacial score (nSPS) is 18.4. The van der Waals surface area contributed by atoms with E-state index in [2.05, 4.69) is 5.32 Å². The van der Waals surface area contributed by atoms with Gasteiger partial charge in [-0.1, -0.05) is 18.2 Å². The molecule has 0 aliphatic carbocycles. The van der Waals surface area contributed by atoms with Crippen LogP contribution in [-0.2, 0) is 14.3 Å². The van der Waals surface area contributed by atoms with Crippen molar-refractivity contribution in [2.75, 3.05) is 25.2 Å². The molecule has 1 fully saturated rings. The lowest BCUT2D eigenvalue weighted by atomic mass is 10.2. The van der Waals surface area contributed by atoms with Gasteiger partial charge in [-0.25, -0.2) is 0 Å². The van der Waals surface area contributed by atoms with Crippen molar-refractivity contribution in [2.24, 2.45) is 0 Å². The van der Waals surface area contributed by atoms with Gasteiger partial charge >= 0.3 is 0 Å². The number of ether oxygens (including phenoxy) is 1. The van der Waals surface area contributed by atoms with E-state index in [-0.39, 0.29) is 11.8 Å². The molecule has 0 radical (unpaired) electrons. The van der Waals surface area contributed by atoms with Gasteiger partial charge < -0.3 is 10.1 Å². The number of carbonyl (C=O) groups excluding carboxylic acids is 2. The molecule has 5 heteroatoms. The highest BCUT2D eigenvalue weighted by atomic mass is 16.5. The van der Waals surface area contributed by atoms with Crippen molar-refractivity contribution in [1.29, 1.82) is 0 Å². The first-order valence-electron chi connectivity index (χ1n) is 6.88. The summed E-state index contributed by atoms with van der Waals surface area (Å²) in [5.74, 6) is -0.0796. The number of nitrogens with one attached hydrogen (secondary N) is 1. The molecular formula is C15H20N2O3. The summed E-state index contributed by atoms with van der Waals surface area (Å²) in [7, 11) is 1.63. The zero-order chi connectivity index (χ0) is 14.4. The molecule has 1 aromatic carbocycles. The monoisotopic (exact) mass is 276 g/mol. The average molecular weight is 276 g/mol. The smallest absolute Gasteiger partial charge is 0.243 e. The van der Waals surface area contributed by atoms with Gasteiger partial charge in [0.1, 0.15) is 6.04 Å². The molecule has 1 aliphatic heterocycles. The second-order valence-electron chi connectivity index (χ2n) is 4.79. The zero-order valence-corrected chi connectivity index (χ0v) is 11.7. The second-order valence-corrected chi connectivity index (χ2v) is 4.79. The van der Waals surface area contributed by atoms with Crippen molar-refractivity contribution < 1.29 is 14.3 Å². The fraction of sp³-hybridized carbons (Fsp3) is 0.467. The maximum Gasteiger partial charge on any atom is 0.243 e. The van der Waals surface area contributed by atoms with Crippen LogP contribution in [0.2, 0.25) is 0 Å². The Morgan fingerprint density at radius 2 is 2.15 bits per heavy atom. The standard InChI is InChI=1S/C15H20N2O3/c1-20-11-5-10-16-15(19)13-8-9-14(18)17(13)12-6-3-2-4-7-12/h2-4,6-7,13H,5,8-11H2,1H3,(H,16,19). The summed E-state index contributed by atoms with van der Waals surface area (Å²) in [6.07, 6.45) is 1.77. The summed E-state index contributed by atoms with van der Waals surface area (Å²) in [4.78, 5) is 25.8. The van der Waals surface area contributed by atoms with Crippen LogP contribution in [0.15, 0.2) is 30.3 Å². The Morgan fingerprint density at radius 3 is 2.85 bits per heavy atom.